The zero-order chi connectivity index (χ0) is 10.8. The van der Waals surface area contributed by atoms with Gasteiger partial charge in [0.2, 0.25) is 0 Å². The molecule has 0 saturated heterocycles. The van der Waals surface area contributed by atoms with Gasteiger partial charge in [-0.05, 0) is 24.5 Å². The van der Waals surface area contributed by atoms with Gasteiger partial charge in [0, 0.05) is 17.7 Å². The maximum absolute atomic E-state index is 11.2. The highest BCUT2D eigenvalue weighted by Crippen LogP contribution is 2.33. The molecular formula is C10H12BrN3O. The molecule has 1 aromatic heterocycles. The van der Waals surface area contributed by atoms with E-state index in [4.69, 9.17) is 0 Å². The van der Waals surface area contributed by atoms with E-state index in [1.165, 1.54) is 5.56 Å². The van der Waals surface area contributed by atoms with Crippen LogP contribution in [0, 0.1) is 0 Å². The predicted molar refractivity (Wildman–Crippen MR) is 60.6 cm³/mol. The number of rotatable bonds is 1. The first-order valence-electron chi connectivity index (χ1n) is 4.84. The number of urea groups is 1. The summed E-state index contributed by atoms with van der Waals surface area (Å²) in [6, 6.07) is 1.81. The van der Waals surface area contributed by atoms with E-state index < -0.39 is 0 Å². The lowest BCUT2D eigenvalue weighted by Crippen LogP contribution is -2.35. The Morgan fingerprint density at radius 3 is 3.20 bits per heavy atom. The molecule has 1 unspecified atom stereocenters. The van der Waals surface area contributed by atoms with Crippen molar-refractivity contribution in [3.05, 3.63) is 28.0 Å². The highest BCUT2D eigenvalue weighted by Gasteiger charge is 2.26. The maximum atomic E-state index is 11.2. The Bertz CT molecular complexity index is 394. The molecule has 2 N–H and O–H groups in total. The largest absolute Gasteiger partial charge is 0.341 e. The number of nitrogens with zero attached hydrogens (tertiary/aromatic N) is 1. The summed E-state index contributed by atoms with van der Waals surface area (Å²) in [6.45, 7) is 0. The second-order valence-electron chi connectivity index (χ2n) is 3.47. The summed E-state index contributed by atoms with van der Waals surface area (Å²) in [5.74, 6) is 0. The van der Waals surface area contributed by atoms with Gasteiger partial charge in [-0.3, -0.25) is 4.98 Å². The lowest BCUT2D eigenvalue weighted by molar-refractivity contribution is 0.239. The third-order valence-electron chi connectivity index (χ3n) is 2.58. The molecule has 15 heavy (non-hydrogen) atoms. The van der Waals surface area contributed by atoms with Crippen LogP contribution in [0.5, 0.6) is 0 Å². The first kappa shape index (κ1) is 10.4. The van der Waals surface area contributed by atoms with E-state index in [1.54, 1.807) is 13.2 Å². The van der Waals surface area contributed by atoms with Crippen molar-refractivity contribution in [1.29, 1.82) is 0 Å². The Morgan fingerprint density at radius 2 is 2.47 bits per heavy atom. The average Bonchev–Trinajstić information content (AvgIpc) is 2.63. The number of amides is 2. The summed E-state index contributed by atoms with van der Waals surface area (Å²) in [4.78, 5) is 15.5. The summed E-state index contributed by atoms with van der Waals surface area (Å²) < 4.78 is 1.08. The van der Waals surface area contributed by atoms with Gasteiger partial charge in [0.1, 0.15) is 0 Å². The molecular weight excluding hydrogens is 258 g/mol. The molecule has 0 aromatic carbocycles. The molecule has 80 valence electrons. The van der Waals surface area contributed by atoms with Gasteiger partial charge in [-0.1, -0.05) is 15.9 Å². The zero-order valence-corrected chi connectivity index (χ0v) is 9.97. The third kappa shape index (κ3) is 1.97. The SMILES string of the molecule is CNC(=O)NC1CCc2c(Br)ccnc21. The Labute approximate surface area is 96.6 Å². The van der Waals surface area contributed by atoms with Crippen molar-refractivity contribution in [2.24, 2.45) is 0 Å². The zero-order valence-electron chi connectivity index (χ0n) is 8.38. The maximum Gasteiger partial charge on any atom is 0.315 e. The number of nitrogens with one attached hydrogen (secondary N) is 2. The quantitative estimate of drug-likeness (QED) is 0.817. The molecule has 0 radical (unpaired) electrons. The van der Waals surface area contributed by atoms with Crippen LogP contribution in [0.15, 0.2) is 16.7 Å². The molecule has 1 aliphatic carbocycles. The second-order valence-corrected chi connectivity index (χ2v) is 4.33. The smallest absolute Gasteiger partial charge is 0.315 e. The molecule has 5 heteroatoms. The fraction of sp³-hybridized carbons (Fsp3) is 0.400. The van der Waals surface area contributed by atoms with E-state index in [0.29, 0.717) is 0 Å². The summed E-state index contributed by atoms with van der Waals surface area (Å²) in [6.07, 6.45) is 3.63. The highest BCUT2D eigenvalue weighted by atomic mass is 79.9. The molecule has 0 saturated carbocycles. The van der Waals surface area contributed by atoms with E-state index in [2.05, 4.69) is 31.5 Å². The van der Waals surface area contributed by atoms with Crippen LogP contribution in [0.3, 0.4) is 0 Å². The van der Waals surface area contributed by atoms with E-state index in [-0.39, 0.29) is 12.1 Å². The summed E-state index contributed by atoms with van der Waals surface area (Å²) in [5, 5.41) is 5.43. The van der Waals surface area contributed by atoms with Crippen molar-refractivity contribution in [1.82, 2.24) is 15.6 Å². The summed E-state index contributed by atoms with van der Waals surface area (Å²) >= 11 is 3.49. The summed E-state index contributed by atoms with van der Waals surface area (Å²) in [7, 11) is 1.61. The number of fused-ring (bicyclic) bond motifs is 1. The normalized spacial score (nSPS) is 18.4. The second kappa shape index (κ2) is 4.18. The van der Waals surface area contributed by atoms with Gasteiger partial charge in [0.05, 0.1) is 11.7 Å². The number of carbonyl (C=O) groups is 1. The van der Waals surface area contributed by atoms with E-state index in [1.807, 2.05) is 6.07 Å². The average molecular weight is 270 g/mol. The van der Waals surface area contributed by atoms with Crippen molar-refractivity contribution in [3.8, 4) is 0 Å². The minimum Gasteiger partial charge on any atom is -0.341 e. The number of hydrogen-bond acceptors (Lipinski definition) is 2. The minimum atomic E-state index is -0.158. The molecule has 2 amide bonds. The van der Waals surface area contributed by atoms with Gasteiger partial charge in [0.15, 0.2) is 0 Å². The molecule has 1 aromatic rings. The van der Waals surface area contributed by atoms with Crippen molar-refractivity contribution in [3.63, 3.8) is 0 Å². The fourth-order valence-corrected chi connectivity index (χ4v) is 2.35. The first-order chi connectivity index (χ1) is 7.22. The molecule has 0 fully saturated rings. The van der Waals surface area contributed by atoms with Crippen LogP contribution in [-0.4, -0.2) is 18.1 Å². The number of halogens is 1. The van der Waals surface area contributed by atoms with Crippen LogP contribution < -0.4 is 10.6 Å². The van der Waals surface area contributed by atoms with Crippen LogP contribution in [0.1, 0.15) is 23.7 Å². The van der Waals surface area contributed by atoms with Gasteiger partial charge >= 0.3 is 6.03 Å². The van der Waals surface area contributed by atoms with E-state index in [0.717, 1.165) is 23.0 Å². The fourth-order valence-electron chi connectivity index (χ4n) is 1.83. The first-order valence-corrected chi connectivity index (χ1v) is 5.63. The van der Waals surface area contributed by atoms with Crippen LogP contribution in [0.4, 0.5) is 4.79 Å². The highest BCUT2D eigenvalue weighted by molar-refractivity contribution is 9.10. The number of carbonyl (C=O) groups excluding carboxylic acids is 1. The van der Waals surface area contributed by atoms with E-state index in [9.17, 15) is 4.79 Å². The Kier molecular flexibility index (Phi) is 2.90. The predicted octanol–water partition coefficient (Wildman–Crippen LogP) is 1.76. The molecule has 0 bridgehead atoms. The van der Waals surface area contributed by atoms with Gasteiger partial charge in [0.25, 0.3) is 0 Å². The van der Waals surface area contributed by atoms with Crippen molar-refractivity contribution >= 4 is 22.0 Å². The molecule has 0 spiro atoms. The van der Waals surface area contributed by atoms with Crippen LogP contribution >= 0.6 is 15.9 Å². The van der Waals surface area contributed by atoms with Gasteiger partial charge in [-0.25, -0.2) is 4.79 Å². The number of aromatic nitrogens is 1. The number of pyridine rings is 1. The lowest BCUT2D eigenvalue weighted by Gasteiger charge is -2.12. The molecule has 2 rings (SSSR count). The van der Waals surface area contributed by atoms with Gasteiger partial charge in [-0.15, -0.1) is 0 Å². The van der Waals surface area contributed by atoms with Crippen molar-refractivity contribution in [2.45, 2.75) is 18.9 Å². The molecule has 1 heterocycles. The summed E-state index contributed by atoms with van der Waals surface area (Å²) in [5.41, 5.74) is 2.19. The minimum absolute atomic E-state index is 0.0393. The Balaban J connectivity index is 2.21. The van der Waals surface area contributed by atoms with Crippen LogP contribution in [0.25, 0.3) is 0 Å². The monoisotopic (exact) mass is 269 g/mol. The van der Waals surface area contributed by atoms with Crippen molar-refractivity contribution < 1.29 is 4.79 Å². The topological polar surface area (TPSA) is 54.0 Å². The van der Waals surface area contributed by atoms with Crippen LogP contribution in [0.2, 0.25) is 0 Å². The molecule has 1 atom stereocenters. The molecule has 1 aliphatic rings. The Hall–Kier alpha value is -1.10. The standard InChI is InChI=1S/C10H12BrN3O/c1-12-10(15)14-8-3-2-6-7(11)4-5-13-9(6)8/h4-5,8H,2-3H2,1H3,(H2,12,14,15). The van der Waals surface area contributed by atoms with Gasteiger partial charge < -0.3 is 10.6 Å². The lowest BCUT2D eigenvalue weighted by atomic mass is 10.2. The third-order valence-corrected chi connectivity index (χ3v) is 3.32. The van der Waals surface area contributed by atoms with Crippen molar-refractivity contribution in [2.75, 3.05) is 7.05 Å². The number of hydrogen-bond donors (Lipinski definition) is 2. The van der Waals surface area contributed by atoms with Gasteiger partial charge in [-0.2, -0.15) is 0 Å². The molecule has 0 aliphatic heterocycles. The van der Waals surface area contributed by atoms with E-state index >= 15 is 0 Å². The molecule has 4 nitrogen and oxygen atoms in total. The van der Waals surface area contributed by atoms with Crippen LogP contribution in [-0.2, 0) is 6.42 Å². The Morgan fingerprint density at radius 1 is 1.67 bits per heavy atom.